The Bertz CT molecular complexity index is 1130. The first-order valence-electron chi connectivity index (χ1n) is 8.21. The van der Waals surface area contributed by atoms with Gasteiger partial charge in [-0.05, 0) is 53.6 Å². The average molecular weight is 458 g/mol. The van der Waals surface area contributed by atoms with Gasteiger partial charge in [-0.25, -0.2) is 21.6 Å². The third-order valence-electron chi connectivity index (χ3n) is 4.15. The first kappa shape index (κ1) is 21.0. The maximum Gasteiger partial charge on any atom is 0.240 e. The normalized spacial score (nSPS) is 13.4. The van der Waals surface area contributed by atoms with Crippen molar-refractivity contribution in [3.8, 4) is 5.75 Å². The van der Waals surface area contributed by atoms with Crippen molar-refractivity contribution in [1.82, 2.24) is 4.72 Å². The zero-order chi connectivity index (χ0) is 20.4. The third-order valence-corrected chi connectivity index (χ3v) is 10.2. The molecule has 0 fully saturated rings. The molecule has 3 rings (SSSR count). The second-order valence-electron chi connectivity index (χ2n) is 5.96. The molecule has 0 aliphatic rings. The first-order chi connectivity index (χ1) is 13.3. The fourth-order valence-corrected chi connectivity index (χ4v) is 7.92. The van der Waals surface area contributed by atoms with E-state index in [1.165, 1.54) is 36.6 Å². The second kappa shape index (κ2) is 8.34. The van der Waals surface area contributed by atoms with Crippen LogP contribution in [0.25, 0.3) is 0 Å². The van der Waals surface area contributed by atoms with Gasteiger partial charge < -0.3 is 4.74 Å². The predicted octanol–water partition coefficient (Wildman–Crippen LogP) is 3.62. The van der Waals surface area contributed by atoms with E-state index in [1.54, 1.807) is 41.9 Å². The van der Waals surface area contributed by atoms with Crippen molar-refractivity contribution in [3.63, 3.8) is 0 Å². The number of ether oxygens (including phenoxy) is 1. The van der Waals surface area contributed by atoms with Gasteiger partial charge in [0, 0.05) is 11.4 Å². The molecule has 1 aromatic carbocycles. The number of hydrogen-bond acceptors (Lipinski definition) is 7. The van der Waals surface area contributed by atoms with E-state index in [2.05, 4.69) is 4.72 Å². The van der Waals surface area contributed by atoms with Crippen LogP contribution in [0.15, 0.2) is 62.3 Å². The van der Waals surface area contributed by atoms with E-state index in [0.717, 1.165) is 11.3 Å². The molecule has 3 aromatic rings. The zero-order valence-electron chi connectivity index (χ0n) is 15.2. The van der Waals surface area contributed by atoms with Gasteiger partial charge in [0.1, 0.15) is 15.2 Å². The largest absolute Gasteiger partial charge is 0.496 e. The molecular formula is C18H19NO5S4. The summed E-state index contributed by atoms with van der Waals surface area (Å²) >= 11 is 2.40. The lowest BCUT2D eigenvalue weighted by Gasteiger charge is -2.17. The molecule has 10 heteroatoms. The van der Waals surface area contributed by atoms with Crippen molar-refractivity contribution in [3.05, 3.63) is 63.7 Å². The predicted molar refractivity (Wildman–Crippen MR) is 111 cm³/mol. The van der Waals surface area contributed by atoms with Crippen LogP contribution in [0.2, 0.25) is 0 Å². The van der Waals surface area contributed by atoms with Crippen molar-refractivity contribution in [2.75, 3.05) is 13.7 Å². The van der Waals surface area contributed by atoms with Crippen LogP contribution in [0.5, 0.6) is 5.75 Å². The fraction of sp³-hybridized carbons (Fsp3) is 0.222. The number of rotatable bonds is 8. The maximum atomic E-state index is 13.0. The summed E-state index contributed by atoms with van der Waals surface area (Å²) in [5.74, 6) is 0.579. The van der Waals surface area contributed by atoms with E-state index in [1.807, 2.05) is 0 Å². The summed E-state index contributed by atoms with van der Waals surface area (Å²) in [7, 11) is -6.10. The SMILES string of the molecule is COc1ccc(S(=O)(=O)NC[C@@H](c2cccs2)S(=O)(=O)c2cccs2)cc1C. The molecule has 0 unspecified atom stereocenters. The summed E-state index contributed by atoms with van der Waals surface area (Å²) in [5.41, 5.74) is 0.673. The first-order valence-corrected chi connectivity index (χ1v) is 13.0. The molecule has 0 saturated carbocycles. The molecule has 1 atom stereocenters. The van der Waals surface area contributed by atoms with Gasteiger partial charge in [-0.15, -0.1) is 22.7 Å². The lowest BCUT2D eigenvalue weighted by molar-refractivity contribution is 0.411. The van der Waals surface area contributed by atoms with E-state index >= 15 is 0 Å². The van der Waals surface area contributed by atoms with Crippen LogP contribution in [0, 0.1) is 6.92 Å². The van der Waals surface area contributed by atoms with Crippen molar-refractivity contribution < 1.29 is 21.6 Å². The monoisotopic (exact) mass is 457 g/mol. The standard InChI is InChI=1S/C18H19NO5S4/c1-13-11-14(7-8-15(13)24-2)28(22,23)19-12-17(16-5-3-9-25-16)27(20,21)18-6-4-10-26-18/h3-11,17,19H,12H2,1-2H3/t17-/m0/s1. The maximum absolute atomic E-state index is 13.0. The summed E-state index contributed by atoms with van der Waals surface area (Å²) < 4.78 is 59.4. The number of nitrogens with one attached hydrogen (secondary N) is 1. The van der Waals surface area contributed by atoms with Crippen LogP contribution in [0.1, 0.15) is 15.7 Å². The van der Waals surface area contributed by atoms with Crippen molar-refractivity contribution in [2.24, 2.45) is 0 Å². The molecular weight excluding hydrogens is 438 g/mol. The van der Waals surface area contributed by atoms with Crippen LogP contribution < -0.4 is 9.46 Å². The highest BCUT2D eigenvalue weighted by Gasteiger charge is 2.32. The quantitative estimate of drug-likeness (QED) is 0.558. The number of methoxy groups -OCH3 is 1. The van der Waals surface area contributed by atoms with Gasteiger partial charge >= 0.3 is 0 Å². The molecule has 2 heterocycles. The topological polar surface area (TPSA) is 89.5 Å². The Morgan fingerprint density at radius 3 is 2.32 bits per heavy atom. The molecule has 0 amide bonds. The smallest absolute Gasteiger partial charge is 0.240 e. The number of benzene rings is 1. The molecule has 150 valence electrons. The second-order valence-corrected chi connectivity index (χ2v) is 12.0. The lowest BCUT2D eigenvalue weighted by Crippen LogP contribution is -2.31. The molecule has 1 N–H and O–H groups in total. The molecule has 0 saturated heterocycles. The van der Waals surface area contributed by atoms with Crippen molar-refractivity contribution >= 4 is 42.5 Å². The molecule has 0 radical (unpaired) electrons. The van der Waals surface area contributed by atoms with Crippen LogP contribution >= 0.6 is 22.7 Å². The Morgan fingerprint density at radius 1 is 1.04 bits per heavy atom. The zero-order valence-corrected chi connectivity index (χ0v) is 18.4. The molecule has 6 nitrogen and oxygen atoms in total. The van der Waals surface area contributed by atoms with Gasteiger partial charge in [0.05, 0.1) is 12.0 Å². The summed E-state index contributed by atoms with van der Waals surface area (Å²) in [4.78, 5) is 0.645. The molecule has 0 bridgehead atoms. The molecule has 0 aliphatic carbocycles. The number of thiophene rings is 2. The summed E-state index contributed by atoms with van der Waals surface area (Å²) in [5, 5.41) is 2.45. The fourth-order valence-electron chi connectivity index (χ4n) is 2.69. The Kier molecular flexibility index (Phi) is 6.25. The minimum Gasteiger partial charge on any atom is -0.496 e. The van der Waals surface area contributed by atoms with E-state index in [-0.39, 0.29) is 15.6 Å². The number of sulfonamides is 1. The van der Waals surface area contributed by atoms with Gasteiger partial charge in [-0.1, -0.05) is 12.1 Å². The minimum atomic E-state index is -3.88. The average Bonchev–Trinajstić information content (AvgIpc) is 3.36. The summed E-state index contributed by atoms with van der Waals surface area (Å²) in [6.07, 6.45) is 0. The van der Waals surface area contributed by atoms with Crippen molar-refractivity contribution in [2.45, 2.75) is 21.3 Å². The Balaban J connectivity index is 1.89. The van der Waals surface area contributed by atoms with Gasteiger partial charge in [-0.3, -0.25) is 0 Å². The van der Waals surface area contributed by atoms with E-state index in [9.17, 15) is 16.8 Å². The molecule has 2 aromatic heterocycles. The van der Waals surface area contributed by atoms with Gasteiger partial charge in [0.15, 0.2) is 9.84 Å². The highest BCUT2D eigenvalue weighted by molar-refractivity contribution is 7.94. The van der Waals surface area contributed by atoms with Crippen LogP contribution in [0.4, 0.5) is 0 Å². The van der Waals surface area contributed by atoms with Crippen LogP contribution in [0.3, 0.4) is 0 Å². The molecule has 0 spiro atoms. The minimum absolute atomic E-state index is 0.0595. The molecule has 28 heavy (non-hydrogen) atoms. The highest BCUT2D eigenvalue weighted by atomic mass is 32.2. The number of sulfone groups is 1. The highest BCUT2D eigenvalue weighted by Crippen LogP contribution is 2.33. The van der Waals surface area contributed by atoms with E-state index in [0.29, 0.717) is 16.2 Å². The van der Waals surface area contributed by atoms with Gasteiger partial charge in [-0.2, -0.15) is 0 Å². The van der Waals surface area contributed by atoms with Crippen LogP contribution in [-0.2, 0) is 19.9 Å². The lowest BCUT2D eigenvalue weighted by atomic mass is 10.2. The third kappa shape index (κ3) is 4.31. The Labute approximate surface area is 172 Å². The Morgan fingerprint density at radius 2 is 1.75 bits per heavy atom. The number of hydrogen-bond donors (Lipinski definition) is 1. The van der Waals surface area contributed by atoms with Gasteiger partial charge in [0.2, 0.25) is 10.0 Å². The van der Waals surface area contributed by atoms with E-state index in [4.69, 9.17) is 4.74 Å². The summed E-state index contributed by atoms with van der Waals surface area (Å²) in [6.45, 7) is 1.49. The van der Waals surface area contributed by atoms with Crippen molar-refractivity contribution in [1.29, 1.82) is 0 Å². The van der Waals surface area contributed by atoms with Crippen LogP contribution in [-0.4, -0.2) is 30.5 Å². The van der Waals surface area contributed by atoms with Gasteiger partial charge in [0.25, 0.3) is 0 Å². The Hall–Kier alpha value is -1.72. The number of aryl methyl sites for hydroxylation is 1. The summed E-state index contributed by atoms with van der Waals surface area (Å²) in [6, 6.07) is 11.1. The molecule has 0 aliphatic heterocycles. The van der Waals surface area contributed by atoms with E-state index < -0.39 is 25.1 Å².